The number of hydrogen-bond donors (Lipinski definition) is 3. The number of benzene rings is 1. The van der Waals surface area contributed by atoms with Gasteiger partial charge in [-0.15, -0.1) is 0 Å². The maximum atomic E-state index is 12.4. The fourth-order valence-electron chi connectivity index (χ4n) is 2.60. The summed E-state index contributed by atoms with van der Waals surface area (Å²) in [5.74, 6) is -0.0619. The van der Waals surface area contributed by atoms with Gasteiger partial charge < -0.3 is 15.0 Å². The Hall–Kier alpha value is -3.16. The van der Waals surface area contributed by atoms with Crippen LogP contribution in [0.2, 0.25) is 0 Å². The maximum Gasteiger partial charge on any atom is 0.413 e. The first-order chi connectivity index (χ1) is 12.9. The molecular weight excluding hydrogens is 370 g/mol. The highest BCUT2D eigenvalue weighted by Gasteiger charge is 2.18. The molecule has 10 heteroatoms. The zero-order valence-corrected chi connectivity index (χ0v) is 15.5. The summed E-state index contributed by atoms with van der Waals surface area (Å²) in [6.07, 6.45) is -0.0593. The van der Waals surface area contributed by atoms with Gasteiger partial charge in [-0.2, -0.15) is 5.26 Å². The lowest BCUT2D eigenvalue weighted by atomic mass is 10.1. The SMILES string of the molecule is CCCNS(=O)(=O)c1ccc2[nH]c3c(OC(=O)NC)nc(C#N)cc3c2c1. The molecule has 1 aromatic carbocycles. The van der Waals surface area contributed by atoms with Crippen LogP contribution < -0.4 is 14.8 Å². The van der Waals surface area contributed by atoms with Gasteiger partial charge in [0.25, 0.3) is 0 Å². The summed E-state index contributed by atoms with van der Waals surface area (Å²) in [6.45, 7) is 2.21. The minimum atomic E-state index is -3.65. The normalized spacial score (nSPS) is 11.4. The predicted molar refractivity (Wildman–Crippen MR) is 98.9 cm³/mol. The minimum absolute atomic E-state index is 0.0414. The molecule has 0 atom stereocenters. The number of nitrogens with zero attached hydrogens (tertiary/aromatic N) is 2. The number of rotatable bonds is 5. The molecule has 3 aromatic rings. The molecule has 0 radical (unpaired) electrons. The minimum Gasteiger partial charge on any atom is -0.389 e. The lowest BCUT2D eigenvalue weighted by molar-refractivity contribution is 0.201. The van der Waals surface area contributed by atoms with E-state index in [0.29, 0.717) is 34.8 Å². The molecule has 2 aromatic heterocycles. The summed E-state index contributed by atoms with van der Waals surface area (Å²) in [7, 11) is -2.25. The van der Waals surface area contributed by atoms with Crippen molar-refractivity contribution in [2.45, 2.75) is 18.2 Å². The van der Waals surface area contributed by atoms with Crippen molar-refractivity contribution in [3.8, 4) is 11.9 Å². The Balaban J connectivity index is 2.22. The first-order valence-corrected chi connectivity index (χ1v) is 9.63. The molecule has 0 saturated carbocycles. The van der Waals surface area contributed by atoms with Gasteiger partial charge in [0.1, 0.15) is 17.3 Å². The van der Waals surface area contributed by atoms with Gasteiger partial charge in [0.15, 0.2) is 0 Å². The zero-order chi connectivity index (χ0) is 19.6. The van der Waals surface area contributed by atoms with E-state index in [1.54, 1.807) is 6.07 Å². The van der Waals surface area contributed by atoms with E-state index >= 15 is 0 Å². The van der Waals surface area contributed by atoms with Crippen LogP contribution in [0, 0.1) is 11.3 Å². The number of fused-ring (bicyclic) bond motifs is 3. The molecule has 1 amide bonds. The molecule has 0 saturated heterocycles. The Morgan fingerprint density at radius 3 is 2.78 bits per heavy atom. The van der Waals surface area contributed by atoms with E-state index in [-0.39, 0.29) is 16.5 Å². The van der Waals surface area contributed by atoms with Crippen LogP contribution in [0.1, 0.15) is 19.0 Å². The molecule has 0 aliphatic heterocycles. The van der Waals surface area contributed by atoms with E-state index < -0.39 is 16.1 Å². The first-order valence-electron chi connectivity index (χ1n) is 8.15. The third kappa shape index (κ3) is 3.55. The molecule has 2 heterocycles. The van der Waals surface area contributed by atoms with Crippen molar-refractivity contribution < 1.29 is 17.9 Å². The number of H-pyrrole nitrogens is 1. The first kappa shape index (κ1) is 18.6. The van der Waals surface area contributed by atoms with Crippen LogP contribution in [0.5, 0.6) is 5.88 Å². The largest absolute Gasteiger partial charge is 0.413 e. The number of carbonyl (C=O) groups is 1. The van der Waals surface area contributed by atoms with Gasteiger partial charge in [-0.05, 0) is 30.7 Å². The number of hydrogen-bond acceptors (Lipinski definition) is 6. The van der Waals surface area contributed by atoms with Crippen LogP contribution in [-0.2, 0) is 10.0 Å². The summed E-state index contributed by atoms with van der Waals surface area (Å²) >= 11 is 0. The van der Waals surface area contributed by atoms with Crippen molar-refractivity contribution in [1.29, 1.82) is 5.26 Å². The van der Waals surface area contributed by atoms with Gasteiger partial charge in [0.2, 0.25) is 15.9 Å². The molecule has 0 fully saturated rings. The highest BCUT2D eigenvalue weighted by Crippen LogP contribution is 2.32. The molecule has 0 bridgehead atoms. The summed E-state index contributed by atoms with van der Waals surface area (Å²) in [5, 5.41) is 12.6. The fraction of sp³-hybridized carbons (Fsp3) is 0.235. The van der Waals surface area contributed by atoms with Crippen molar-refractivity contribution in [2.24, 2.45) is 0 Å². The number of amides is 1. The number of ether oxygens (including phenoxy) is 1. The highest BCUT2D eigenvalue weighted by atomic mass is 32.2. The third-order valence-corrected chi connectivity index (χ3v) is 5.35. The monoisotopic (exact) mass is 387 g/mol. The smallest absolute Gasteiger partial charge is 0.389 e. The van der Waals surface area contributed by atoms with Crippen molar-refractivity contribution in [1.82, 2.24) is 20.0 Å². The van der Waals surface area contributed by atoms with Gasteiger partial charge in [0, 0.05) is 29.9 Å². The second-order valence-electron chi connectivity index (χ2n) is 5.72. The Bertz CT molecular complexity index is 1180. The number of nitriles is 1. The molecule has 0 aliphatic rings. The average molecular weight is 387 g/mol. The van der Waals surface area contributed by atoms with E-state index in [0.717, 1.165) is 0 Å². The maximum absolute atomic E-state index is 12.4. The summed E-state index contributed by atoms with van der Waals surface area (Å²) in [5.41, 5.74) is 1.06. The van der Waals surface area contributed by atoms with E-state index in [2.05, 4.69) is 20.0 Å². The fourth-order valence-corrected chi connectivity index (χ4v) is 3.76. The van der Waals surface area contributed by atoms with Crippen LogP contribution in [0.15, 0.2) is 29.2 Å². The van der Waals surface area contributed by atoms with Crippen molar-refractivity contribution in [2.75, 3.05) is 13.6 Å². The number of aromatic nitrogens is 2. The van der Waals surface area contributed by atoms with E-state index in [1.165, 1.54) is 25.2 Å². The van der Waals surface area contributed by atoms with Crippen LogP contribution in [0.3, 0.4) is 0 Å². The Morgan fingerprint density at radius 2 is 2.11 bits per heavy atom. The second kappa shape index (κ2) is 7.22. The Morgan fingerprint density at radius 1 is 1.33 bits per heavy atom. The molecule has 140 valence electrons. The highest BCUT2D eigenvalue weighted by molar-refractivity contribution is 7.89. The second-order valence-corrected chi connectivity index (χ2v) is 7.48. The molecule has 3 N–H and O–H groups in total. The third-order valence-electron chi connectivity index (χ3n) is 3.89. The Labute approximate surface area is 155 Å². The summed E-state index contributed by atoms with van der Waals surface area (Å²) in [4.78, 5) is 18.7. The van der Waals surface area contributed by atoms with Crippen LogP contribution >= 0.6 is 0 Å². The number of nitrogens with one attached hydrogen (secondary N) is 3. The van der Waals surface area contributed by atoms with Gasteiger partial charge in [-0.25, -0.2) is 22.9 Å². The number of sulfonamides is 1. The van der Waals surface area contributed by atoms with Gasteiger partial charge in [0.05, 0.1) is 4.90 Å². The summed E-state index contributed by atoms with van der Waals surface area (Å²) in [6, 6.07) is 8.03. The molecule has 0 aliphatic carbocycles. The number of aromatic amines is 1. The van der Waals surface area contributed by atoms with Crippen molar-refractivity contribution in [3.05, 3.63) is 30.0 Å². The zero-order valence-electron chi connectivity index (χ0n) is 14.7. The molecule has 3 rings (SSSR count). The lowest BCUT2D eigenvalue weighted by Gasteiger charge is -2.06. The van der Waals surface area contributed by atoms with Gasteiger partial charge in [-0.1, -0.05) is 6.92 Å². The van der Waals surface area contributed by atoms with Crippen LogP contribution in [-0.4, -0.2) is 38.1 Å². The lowest BCUT2D eigenvalue weighted by Crippen LogP contribution is -2.24. The topological polar surface area (TPSA) is 137 Å². The number of carbonyl (C=O) groups excluding carboxylic acids is 1. The molecule has 0 spiro atoms. The molecule has 9 nitrogen and oxygen atoms in total. The average Bonchev–Trinajstić information content (AvgIpc) is 3.04. The van der Waals surface area contributed by atoms with Crippen LogP contribution in [0.4, 0.5) is 4.79 Å². The standard InChI is InChI=1S/C17H17N5O4S/c1-3-6-20-27(24,25)11-4-5-14-12(8-11)13-7-10(9-18)21-16(15(13)22-14)26-17(23)19-2/h4-5,7-8,20,22H,3,6H2,1-2H3,(H,19,23). The predicted octanol–water partition coefficient (Wildman–Crippen LogP) is 1.99. The van der Waals surface area contributed by atoms with Gasteiger partial charge >= 0.3 is 6.09 Å². The summed E-state index contributed by atoms with van der Waals surface area (Å²) < 4.78 is 32.4. The Kier molecular flexibility index (Phi) is 4.98. The molecular formula is C17H17N5O4S. The van der Waals surface area contributed by atoms with Gasteiger partial charge in [-0.3, -0.25) is 0 Å². The van der Waals surface area contributed by atoms with E-state index in [4.69, 9.17) is 4.74 Å². The van der Waals surface area contributed by atoms with E-state index in [1.807, 2.05) is 13.0 Å². The molecule has 27 heavy (non-hydrogen) atoms. The van der Waals surface area contributed by atoms with E-state index in [9.17, 15) is 18.5 Å². The number of pyridine rings is 1. The van der Waals surface area contributed by atoms with Crippen LogP contribution in [0.25, 0.3) is 21.8 Å². The van der Waals surface area contributed by atoms with Crippen molar-refractivity contribution >= 4 is 37.9 Å². The quantitative estimate of drug-likeness (QED) is 0.612. The molecule has 0 unspecified atom stereocenters. The van der Waals surface area contributed by atoms with Crippen molar-refractivity contribution in [3.63, 3.8) is 0 Å².